The summed E-state index contributed by atoms with van der Waals surface area (Å²) in [5, 5.41) is 18.0. The highest BCUT2D eigenvalue weighted by Gasteiger charge is 2.14. The van der Waals surface area contributed by atoms with Crippen molar-refractivity contribution in [3.8, 4) is 11.5 Å². The highest BCUT2D eigenvalue weighted by molar-refractivity contribution is 5.91. The second-order valence-electron chi connectivity index (χ2n) is 6.66. The highest BCUT2D eigenvalue weighted by Crippen LogP contribution is 2.30. The van der Waals surface area contributed by atoms with E-state index < -0.39 is 4.92 Å². The van der Waals surface area contributed by atoms with Crippen LogP contribution < -0.4 is 10.1 Å². The first kappa shape index (κ1) is 19.1. The number of carbonyl (C=O) groups is 1. The van der Waals surface area contributed by atoms with Crippen molar-refractivity contribution >= 4 is 17.3 Å². The molecule has 0 saturated carbocycles. The van der Waals surface area contributed by atoms with Crippen LogP contribution in [0.1, 0.15) is 16.7 Å². The summed E-state index contributed by atoms with van der Waals surface area (Å²) in [4.78, 5) is 23.0. The molecule has 0 radical (unpaired) electrons. The van der Waals surface area contributed by atoms with Crippen LogP contribution in [0.5, 0.6) is 11.5 Å². The van der Waals surface area contributed by atoms with Crippen molar-refractivity contribution in [3.05, 3.63) is 75.6 Å². The van der Waals surface area contributed by atoms with E-state index in [2.05, 4.69) is 10.4 Å². The maximum Gasteiger partial charge on any atom is 0.275 e. The molecule has 0 aliphatic carbocycles. The maximum absolute atomic E-state index is 12.2. The van der Waals surface area contributed by atoms with Gasteiger partial charge >= 0.3 is 0 Å². The second kappa shape index (κ2) is 7.91. The van der Waals surface area contributed by atoms with E-state index in [-0.39, 0.29) is 29.6 Å². The molecule has 0 unspecified atom stereocenters. The summed E-state index contributed by atoms with van der Waals surface area (Å²) in [6.07, 6.45) is 3.39. The van der Waals surface area contributed by atoms with Crippen molar-refractivity contribution in [2.45, 2.75) is 27.3 Å². The molecule has 8 heteroatoms. The van der Waals surface area contributed by atoms with Gasteiger partial charge in [-0.2, -0.15) is 5.10 Å². The molecule has 3 rings (SSSR count). The maximum atomic E-state index is 12.2. The van der Waals surface area contributed by atoms with Crippen molar-refractivity contribution in [1.82, 2.24) is 9.78 Å². The monoisotopic (exact) mass is 380 g/mol. The molecule has 0 bridgehead atoms. The quantitative estimate of drug-likeness (QED) is 0.512. The van der Waals surface area contributed by atoms with Crippen molar-refractivity contribution < 1.29 is 14.5 Å². The van der Waals surface area contributed by atoms with Gasteiger partial charge < -0.3 is 10.1 Å². The van der Waals surface area contributed by atoms with Crippen LogP contribution >= 0.6 is 0 Å². The lowest BCUT2D eigenvalue weighted by Crippen LogP contribution is -2.19. The predicted octanol–water partition coefficient (Wildman–Crippen LogP) is 4.15. The fourth-order valence-corrected chi connectivity index (χ4v) is 2.85. The molecule has 144 valence electrons. The molecule has 0 aliphatic heterocycles. The molecule has 0 saturated heterocycles. The number of non-ortho nitro benzene ring substituents is 1. The fourth-order valence-electron chi connectivity index (χ4n) is 2.85. The Bertz CT molecular complexity index is 1020. The molecule has 1 aromatic heterocycles. The first-order valence-corrected chi connectivity index (χ1v) is 8.63. The van der Waals surface area contributed by atoms with Crippen molar-refractivity contribution in [2.24, 2.45) is 0 Å². The zero-order chi connectivity index (χ0) is 20.3. The number of nitro benzene ring substituents is 1. The van der Waals surface area contributed by atoms with Crippen LogP contribution in [-0.4, -0.2) is 20.6 Å². The highest BCUT2D eigenvalue weighted by atomic mass is 16.6. The predicted molar refractivity (Wildman–Crippen MR) is 105 cm³/mol. The van der Waals surface area contributed by atoms with Crippen LogP contribution in [0.4, 0.5) is 11.4 Å². The van der Waals surface area contributed by atoms with Gasteiger partial charge in [0.1, 0.15) is 18.0 Å². The molecule has 8 nitrogen and oxygen atoms in total. The molecule has 28 heavy (non-hydrogen) atoms. The Hall–Kier alpha value is -3.68. The van der Waals surface area contributed by atoms with Crippen LogP contribution in [0.25, 0.3) is 0 Å². The van der Waals surface area contributed by atoms with Gasteiger partial charge in [0.25, 0.3) is 5.69 Å². The minimum atomic E-state index is -0.527. The number of hydrogen-bond acceptors (Lipinski definition) is 5. The van der Waals surface area contributed by atoms with Gasteiger partial charge in [-0.15, -0.1) is 0 Å². The Morgan fingerprint density at radius 2 is 1.75 bits per heavy atom. The second-order valence-corrected chi connectivity index (χ2v) is 6.66. The SMILES string of the molecule is Cc1cc(C)cc(Oc2cc(NC(=O)Cn3cc(C)cn3)cc([N+](=O)[O-])c2)c1. The lowest BCUT2D eigenvalue weighted by molar-refractivity contribution is -0.384. The molecule has 1 N–H and O–H groups in total. The first-order valence-electron chi connectivity index (χ1n) is 8.63. The number of nitrogens with zero attached hydrogens (tertiary/aromatic N) is 3. The van der Waals surface area contributed by atoms with E-state index in [1.165, 1.54) is 16.8 Å². The number of nitrogens with one attached hydrogen (secondary N) is 1. The van der Waals surface area contributed by atoms with Gasteiger partial charge in [0.05, 0.1) is 22.9 Å². The Morgan fingerprint density at radius 3 is 2.36 bits per heavy atom. The van der Waals surface area contributed by atoms with Crippen LogP contribution in [0.3, 0.4) is 0 Å². The van der Waals surface area contributed by atoms with Gasteiger partial charge in [-0.1, -0.05) is 6.07 Å². The third-order valence-corrected chi connectivity index (χ3v) is 3.88. The van der Waals surface area contributed by atoms with Crippen molar-refractivity contribution in [1.29, 1.82) is 0 Å². The lowest BCUT2D eigenvalue weighted by atomic mass is 10.1. The van der Waals surface area contributed by atoms with E-state index in [4.69, 9.17) is 4.74 Å². The number of benzene rings is 2. The molecule has 0 aliphatic rings. The van der Waals surface area contributed by atoms with E-state index in [9.17, 15) is 14.9 Å². The number of hydrogen-bond donors (Lipinski definition) is 1. The molecule has 1 amide bonds. The third kappa shape index (κ3) is 4.94. The summed E-state index contributed by atoms with van der Waals surface area (Å²) in [7, 11) is 0. The largest absolute Gasteiger partial charge is 0.457 e. The summed E-state index contributed by atoms with van der Waals surface area (Å²) in [6.45, 7) is 5.76. The zero-order valence-corrected chi connectivity index (χ0v) is 15.8. The van der Waals surface area contributed by atoms with Gasteiger partial charge in [-0.25, -0.2) is 0 Å². The number of ether oxygens (including phenoxy) is 1. The molecular weight excluding hydrogens is 360 g/mol. The minimum absolute atomic E-state index is 0.00377. The Morgan fingerprint density at radius 1 is 1.07 bits per heavy atom. The van der Waals surface area contributed by atoms with Crippen LogP contribution in [0.15, 0.2) is 48.8 Å². The molecule has 0 fully saturated rings. The normalized spacial score (nSPS) is 10.5. The summed E-state index contributed by atoms with van der Waals surface area (Å²) < 4.78 is 7.30. The number of carbonyl (C=O) groups excluding carboxylic acids is 1. The van der Waals surface area contributed by atoms with E-state index in [0.29, 0.717) is 5.75 Å². The van der Waals surface area contributed by atoms with Crippen molar-refractivity contribution in [3.63, 3.8) is 0 Å². The number of anilines is 1. The number of aryl methyl sites for hydroxylation is 3. The Balaban J connectivity index is 1.82. The molecule has 1 heterocycles. The molecule has 3 aromatic rings. The zero-order valence-electron chi connectivity index (χ0n) is 15.8. The summed E-state index contributed by atoms with van der Waals surface area (Å²) in [5.41, 5.74) is 3.08. The molecule has 0 atom stereocenters. The fraction of sp³-hybridized carbons (Fsp3) is 0.200. The van der Waals surface area contributed by atoms with E-state index in [1.54, 1.807) is 18.5 Å². The standard InChI is InChI=1S/C20H20N4O4/c1-13-4-14(2)6-18(5-13)28-19-8-16(7-17(9-19)24(26)27)22-20(25)12-23-11-15(3)10-21-23/h4-11H,12H2,1-3H3,(H,22,25). The average molecular weight is 380 g/mol. The van der Waals surface area contributed by atoms with Crippen molar-refractivity contribution in [2.75, 3.05) is 5.32 Å². The Kier molecular flexibility index (Phi) is 5.39. The van der Waals surface area contributed by atoms with Crippen LogP contribution in [-0.2, 0) is 11.3 Å². The molecule has 2 aromatic carbocycles. The van der Waals surface area contributed by atoms with Gasteiger partial charge in [-0.3, -0.25) is 19.6 Å². The number of amides is 1. The van der Waals surface area contributed by atoms with Gasteiger partial charge in [-0.05, 0) is 49.6 Å². The summed E-state index contributed by atoms with van der Waals surface area (Å²) in [5.74, 6) is 0.493. The third-order valence-electron chi connectivity index (χ3n) is 3.88. The first-order chi connectivity index (χ1) is 13.3. The number of aromatic nitrogens is 2. The summed E-state index contributed by atoms with van der Waals surface area (Å²) >= 11 is 0. The van der Waals surface area contributed by atoms with Crippen LogP contribution in [0.2, 0.25) is 0 Å². The average Bonchev–Trinajstić information content (AvgIpc) is 2.98. The number of nitro groups is 1. The Labute approximate surface area is 161 Å². The summed E-state index contributed by atoms with van der Waals surface area (Å²) in [6, 6.07) is 9.85. The molecule has 0 spiro atoms. The van der Waals surface area contributed by atoms with E-state index >= 15 is 0 Å². The topological polar surface area (TPSA) is 99.3 Å². The minimum Gasteiger partial charge on any atom is -0.457 e. The van der Waals surface area contributed by atoms with Gasteiger partial charge in [0, 0.05) is 18.3 Å². The lowest BCUT2D eigenvalue weighted by Gasteiger charge is -2.11. The smallest absolute Gasteiger partial charge is 0.275 e. The van der Waals surface area contributed by atoms with Gasteiger partial charge in [0.2, 0.25) is 5.91 Å². The molecular formula is C20H20N4O4. The van der Waals surface area contributed by atoms with Gasteiger partial charge in [0.15, 0.2) is 0 Å². The van der Waals surface area contributed by atoms with E-state index in [0.717, 1.165) is 16.7 Å². The number of rotatable bonds is 6. The van der Waals surface area contributed by atoms with Crippen LogP contribution in [0, 0.1) is 30.9 Å². The van der Waals surface area contributed by atoms with E-state index in [1.807, 2.05) is 39.0 Å².